The molecule has 10 unspecified atom stereocenters. The molecule has 0 aliphatic carbocycles. The lowest BCUT2D eigenvalue weighted by molar-refractivity contribution is -0.153. The molecule has 406 valence electrons. The SMILES string of the molecule is CCC(C)C1NC(=O)C2CSSCC(C(=O)NC(C(C)CC)C(=O)OCC(NC(=O)c3cnc4ccccc4n3)C(=O)NC(C)C(=O)N2C)N(C)C(=O)C(C)NC(=O)C(NC(=O)c2cnc3ccccc3n2)COC1=O. The van der Waals surface area contributed by atoms with Crippen molar-refractivity contribution in [2.24, 2.45) is 11.8 Å². The third-order valence-electron chi connectivity index (χ3n) is 13.1. The zero-order valence-corrected chi connectivity index (χ0v) is 44.8. The molecule has 2 fully saturated rings. The summed E-state index contributed by atoms with van der Waals surface area (Å²) in [5.74, 6) is -10.4. The fourth-order valence-electron chi connectivity index (χ4n) is 7.93. The van der Waals surface area contributed by atoms with Crippen molar-refractivity contribution in [2.75, 3.05) is 38.8 Å². The van der Waals surface area contributed by atoms with Crippen LogP contribution in [0.2, 0.25) is 0 Å². The highest BCUT2D eigenvalue weighted by Crippen LogP contribution is 2.27. The number of cyclic esters (lactones) is 2. The highest BCUT2D eigenvalue weighted by molar-refractivity contribution is 8.76. The number of hydrogen-bond acceptors (Lipinski definition) is 18. The number of fused-ring (bicyclic) bond motifs is 7. The Hall–Kier alpha value is -7.48. The van der Waals surface area contributed by atoms with Crippen LogP contribution in [0.15, 0.2) is 60.9 Å². The first-order valence-corrected chi connectivity index (χ1v) is 27.1. The highest BCUT2D eigenvalue weighted by atomic mass is 33.1. The Morgan fingerprint density at radius 1 is 0.592 bits per heavy atom. The summed E-state index contributed by atoms with van der Waals surface area (Å²) in [4.78, 5) is 161. The van der Waals surface area contributed by atoms with Crippen LogP contribution in [0.3, 0.4) is 0 Å². The molecule has 24 nitrogen and oxygen atoms in total. The Labute approximate surface area is 445 Å². The van der Waals surface area contributed by atoms with Crippen LogP contribution in [0.4, 0.5) is 0 Å². The largest absolute Gasteiger partial charge is 0.461 e. The molecule has 0 saturated carbocycles. The second-order valence-corrected chi connectivity index (χ2v) is 21.1. The van der Waals surface area contributed by atoms with E-state index in [0.717, 1.165) is 31.4 Å². The maximum Gasteiger partial charge on any atom is 0.329 e. The van der Waals surface area contributed by atoms with Gasteiger partial charge in [-0.05, 0) is 49.9 Å². The molecule has 6 N–H and O–H groups in total. The van der Waals surface area contributed by atoms with Crippen LogP contribution in [-0.4, -0.2) is 176 Å². The van der Waals surface area contributed by atoms with E-state index in [4.69, 9.17) is 9.47 Å². The number of nitrogens with zero attached hydrogens (tertiary/aromatic N) is 6. The van der Waals surface area contributed by atoms with Gasteiger partial charge in [0.2, 0.25) is 35.4 Å². The first kappa shape index (κ1) is 57.8. The molecule has 0 radical (unpaired) electrons. The Kier molecular flexibility index (Phi) is 20.0. The van der Waals surface area contributed by atoms with Gasteiger partial charge < -0.3 is 51.2 Å². The number of aromatic nitrogens is 4. The number of benzene rings is 2. The average Bonchev–Trinajstić information content (AvgIpc) is 3.42. The predicted octanol–water partition coefficient (Wildman–Crippen LogP) is 0.690. The van der Waals surface area contributed by atoms with Crippen molar-refractivity contribution < 1.29 is 57.4 Å². The van der Waals surface area contributed by atoms with Crippen molar-refractivity contribution in [1.82, 2.24) is 61.6 Å². The second-order valence-electron chi connectivity index (χ2n) is 18.5. The maximum atomic E-state index is 14.6. The van der Waals surface area contributed by atoms with Crippen LogP contribution in [0.1, 0.15) is 75.4 Å². The first-order chi connectivity index (χ1) is 36.2. The third-order valence-corrected chi connectivity index (χ3v) is 15.5. The van der Waals surface area contributed by atoms with Gasteiger partial charge in [-0.2, -0.15) is 0 Å². The number of esters is 2. The lowest BCUT2D eigenvalue weighted by Gasteiger charge is -2.34. The average molecular weight is 1090 g/mol. The minimum absolute atomic E-state index is 0.167. The van der Waals surface area contributed by atoms with Gasteiger partial charge in [-0.1, -0.05) is 86.4 Å². The summed E-state index contributed by atoms with van der Waals surface area (Å²) >= 11 is 0. The smallest absolute Gasteiger partial charge is 0.329 e. The maximum absolute atomic E-state index is 14.6. The monoisotopic (exact) mass is 1090 g/mol. The normalized spacial score (nSPS) is 25.2. The summed E-state index contributed by atoms with van der Waals surface area (Å²) in [6, 6.07) is 1.99. The van der Waals surface area contributed by atoms with Gasteiger partial charge in [0.1, 0.15) is 72.9 Å². The lowest BCUT2D eigenvalue weighted by atomic mass is 9.98. The Morgan fingerprint density at radius 3 is 1.30 bits per heavy atom. The van der Waals surface area contributed by atoms with Crippen LogP contribution in [0, 0.1) is 11.8 Å². The molecule has 4 aromatic rings. The van der Waals surface area contributed by atoms with Crippen molar-refractivity contribution >= 4 is 103 Å². The highest BCUT2D eigenvalue weighted by Gasteiger charge is 2.40. The Balaban J connectivity index is 1.37. The Morgan fingerprint density at radius 2 is 0.947 bits per heavy atom. The summed E-state index contributed by atoms with van der Waals surface area (Å²) in [6.45, 7) is 7.97. The number of carbonyl (C=O) groups excluding carboxylic acids is 10. The van der Waals surface area contributed by atoms with Crippen LogP contribution >= 0.6 is 21.6 Å². The van der Waals surface area contributed by atoms with Crippen molar-refractivity contribution in [1.29, 1.82) is 0 Å². The number of likely N-dealkylation sites (N-methyl/N-ethyl adjacent to an activating group) is 2. The van der Waals surface area contributed by atoms with E-state index in [0.29, 0.717) is 34.9 Å². The van der Waals surface area contributed by atoms with Crippen molar-refractivity contribution in [3.63, 3.8) is 0 Å². The lowest BCUT2D eigenvalue weighted by Crippen LogP contribution is -2.60. The molecule has 8 amide bonds. The standard InChI is InChI=1S/C50H62N12O12S2/c1-9-25(3)39-49(71)73-21-35(57-41(63)33-19-51-29-15-11-13-17-31(29)55-33)43(65)53-28(6)48(70)62(8)38-24-76-75-23-37(45(67)59-39)61(7)47(69)27(5)54-44(66)36(22-74-50(72)40(26(4)10-2)60-46(38)68)58-42(64)34-20-52-30-16-12-14-18-32(30)56-34/h11-20,25-28,35-40H,9-10,21-24H2,1-8H3,(H,53,65)(H,54,66)(H,57,63)(H,58,64)(H,59,67)(H,60,68). The fourth-order valence-corrected chi connectivity index (χ4v) is 10.5. The van der Waals surface area contributed by atoms with Gasteiger partial charge in [0.05, 0.1) is 34.5 Å². The van der Waals surface area contributed by atoms with Gasteiger partial charge in [0, 0.05) is 25.6 Å². The first-order valence-electron chi connectivity index (χ1n) is 24.6. The van der Waals surface area contributed by atoms with Crippen LogP contribution < -0.4 is 31.9 Å². The number of hydrogen-bond donors (Lipinski definition) is 6. The van der Waals surface area contributed by atoms with Gasteiger partial charge in [-0.25, -0.2) is 19.6 Å². The summed E-state index contributed by atoms with van der Waals surface area (Å²) < 4.78 is 11.4. The second kappa shape index (κ2) is 26.3. The van der Waals surface area contributed by atoms with Crippen LogP contribution in [0.25, 0.3) is 22.1 Å². The molecule has 10 atom stereocenters. The van der Waals surface area contributed by atoms with Crippen molar-refractivity contribution in [2.45, 2.75) is 103 Å². The molecule has 4 heterocycles. The van der Waals surface area contributed by atoms with E-state index in [1.54, 1.807) is 76.2 Å². The summed E-state index contributed by atoms with van der Waals surface area (Å²) in [5.41, 5.74) is 1.38. The Bertz CT molecular complexity index is 2670. The molecule has 2 aliphatic rings. The predicted molar refractivity (Wildman–Crippen MR) is 280 cm³/mol. The van der Waals surface area contributed by atoms with Crippen molar-refractivity contribution in [3.05, 3.63) is 72.3 Å². The zero-order chi connectivity index (χ0) is 55.4. The molecule has 6 rings (SSSR count). The molecule has 26 heteroatoms. The van der Waals surface area contributed by atoms with Gasteiger partial charge >= 0.3 is 11.9 Å². The molecule has 2 aliphatic heterocycles. The van der Waals surface area contributed by atoms with Crippen LogP contribution in [-0.2, 0) is 47.8 Å². The third kappa shape index (κ3) is 14.3. The molecular weight excluding hydrogens is 1020 g/mol. The molecule has 2 aromatic carbocycles. The molecular formula is C50H62N12O12S2. The molecule has 2 aromatic heterocycles. The van der Waals surface area contributed by atoms with E-state index in [1.807, 2.05) is 0 Å². The number of amides is 8. The molecule has 0 spiro atoms. The van der Waals surface area contributed by atoms with E-state index in [9.17, 15) is 47.9 Å². The minimum atomic E-state index is -1.65. The van der Waals surface area contributed by atoms with E-state index in [2.05, 4.69) is 51.8 Å². The molecule has 2 bridgehead atoms. The number of rotatable bonds is 8. The van der Waals surface area contributed by atoms with E-state index < -0.39 is 133 Å². The van der Waals surface area contributed by atoms with E-state index in [-0.39, 0.29) is 22.9 Å². The van der Waals surface area contributed by atoms with Crippen molar-refractivity contribution in [3.8, 4) is 0 Å². The van der Waals surface area contributed by atoms with Gasteiger partial charge in [-0.3, -0.25) is 48.3 Å². The molecule has 76 heavy (non-hydrogen) atoms. The summed E-state index contributed by atoms with van der Waals surface area (Å²) in [5, 5.41) is 15.6. The van der Waals surface area contributed by atoms with Crippen LogP contribution in [0.5, 0.6) is 0 Å². The summed E-state index contributed by atoms with van der Waals surface area (Å²) in [6.07, 6.45) is 3.07. The van der Waals surface area contributed by atoms with Gasteiger partial charge in [-0.15, -0.1) is 0 Å². The van der Waals surface area contributed by atoms with Gasteiger partial charge in [0.25, 0.3) is 11.8 Å². The minimum Gasteiger partial charge on any atom is -0.461 e. The number of para-hydroxylation sites is 4. The quantitative estimate of drug-likeness (QED) is 0.104. The fraction of sp³-hybridized carbons (Fsp3) is 0.480. The summed E-state index contributed by atoms with van der Waals surface area (Å²) in [7, 11) is 4.73. The number of nitrogens with one attached hydrogen (secondary N) is 6. The van der Waals surface area contributed by atoms with Gasteiger partial charge in [0.15, 0.2) is 0 Å². The van der Waals surface area contributed by atoms with E-state index >= 15 is 0 Å². The number of carbonyl (C=O) groups is 10. The zero-order valence-electron chi connectivity index (χ0n) is 43.2. The number of ether oxygens (including phenoxy) is 2. The molecule has 2 saturated heterocycles. The van der Waals surface area contributed by atoms with E-state index in [1.165, 1.54) is 40.3 Å². The topological polar surface area (TPSA) is 319 Å².